The van der Waals surface area contributed by atoms with Crippen molar-refractivity contribution in [3.8, 4) is 0 Å². The zero-order chi connectivity index (χ0) is 11.8. The molecular weight excluding hydrogens is 195 g/mol. The molecule has 3 nitrogen and oxygen atoms in total. The van der Waals surface area contributed by atoms with Crippen LogP contribution in [0.1, 0.15) is 25.5 Å². The van der Waals surface area contributed by atoms with Crippen molar-refractivity contribution in [1.29, 1.82) is 0 Å². The Kier molecular flexibility index (Phi) is 6.29. The van der Waals surface area contributed by atoms with E-state index in [2.05, 4.69) is 5.32 Å². The van der Waals surface area contributed by atoms with Gasteiger partial charge in [0.05, 0.1) is 0 Å². The molecule has 1 aromatic rings. The quantitative estimate of drug-likeness (QED) is 0.799. The molecule has 0 aromatic heterocycles. The van der Waals surface area contributed by atoms with Gasteiger partial charge in [0.1, 0.15) is 11.9 Å². The maximum absolute atomic E-state index is 12.5. The first-order valence-electron chi connectivity index (χ1n) is 4.87. The summed E-state index contributed by atoms with van der Waals surface area (Å²) < 4.78 is 12.5. The normalized spacial score (nSPS) is 11.2. The number of primary amides is 1. The van der Waals surface area contributed by atoms with Gasteiger partial charge in [0, 0.05) is 0 Å². The van der Waals surface area contributed by atoms with Crippen molar-refractivity contribution in [2.45, 2.75) is 19.9 Å². The van der Waals surface area contributed by atoms with Crippen molar-refractivity contribution < 1.29 is 9.18 Å². The molecule has 0 saturated carbocycles. The number of carbonyl (C=O) groups is 1. The van der Waals surface area contributed by atoms with E-state index in [0.29, 0.717) is 5.56 Å². The van der Waals surface area contributed by atoms with Crippen LogP contribution in [-0.4, -0.2) is 13.0 Å². The van der Waals surface area contributed by atoms with Crippen molar-refractivity contribution in [3.05, 3.63) is 35.6 Å². The Labute approximate surface area is 89.5 Å². The highest BCUT2D eigenvalue weighted by atomic mass is 19.1. The SMILES string of the molecule is CC.CNC(C(N)=O)c1ccc(F)cc1. The highest BCUT2D eigenvalue weighted by Gasteiger charge is 2.14. The number of benzene rings is 1. The van der Waals surface area contributed by atoms with Gasteiger partial charge in [0.2, 0.25) is 5.91 Å². The summed E-state index contributed by atoms with van der Waals surface area (Å²) in [6, 6.07) is 5.09. The Morgan fingerprint density at radius 1 is 1.33 bits per heavy atom. The van der Waals surface area contributed by atoms with Crippen LogP contribution < -0.4 is 11.1 Å². The molecule has 1 amide bonds. The van der Waals surface area contributed by atoms with Gasteiger partial charge in [-0.1, -0.05) is 26.0 Å². The third-order valence-electron chi connectivity index (χ3n) is 1.78. The summed E-state index contributed by atoms with van der Waals surface area (Å²) in [6.45, 7) is 4.00. The number of carbonyl (C=O) groups excluding carboxylic acids is 1. The molecule has 1 atom stereocenters. The lowest BCUT2D eigenvalue weighted by Crippen LogP contribution is -2.31. The van der Waals surface area contributed by atoms with Crippen molar-refractivity contribution in [2.75, 3.05) is 7.05 Å². The van der Waals surface area contributed by atoms with Gasteiger partial charge in [0.15, 0.2) is 0 Å². The predicted molar refractivity (Wildman–Crippen MR) is 58.7 cm³/mol. The summed E-state index contributed by atoms with van der Waals surface area (Å²) >= 11 is 0. The third-order valence-corrected chi connectivity index (χ3v) is 1.78. The predicted octanol–water partition coefficient (Wildman–Crippen LogP) is 1.60. The van der Waals surface area contributed by atoms with Crippen LogP contribution in [0.2, 0.25) is 0 Å². The molecule has 4 heteroatoms. The van der Waals surface area contributed by atoms with Gasteiger partial charge in [-0.05, 0) is 24.7 Å². The Morgan fingerprint density at radius 2 is 1.80 bits per heavy atom. The summed E-state index contributed by atoms with van der Waals surface area (Å²) in [6.07, 6.45) is 0. The molecule has 0 aliphatic heterocycles. The molecule has 0 spiro atoms. The molecule has 15 heavy (non-hydrogen) atoms. The van der Waals surface area contributed by atoms with E-state index in [1.165, 1.54) is 24.3 Å². The van der Waals surface area contributed by atoms with Crippen LogP contribution in [0.25, 0.3) is 0 Å². The van der Waals surface area contributed by atoms with Crippen LogP contribution in [0.5, 0.6) is 0 Å². The minimum absolute atomic E-state index is 0.330. The number of halogens is 1. The van der Waals surface area contributed by atoms with Crippen LogP contribution in [0, 0.1) is 5.82 Å². The monoisotopic (exact) mass is 212 g/mol. The number of rotatable bonds is 3. The lowest BCUT2D eigenvalue weighted by molar-refractivity contribution is -0.120. The Bertz CT molecular complexity index is 298. The second-order valence-corrected chi connectivity index (χ2v) is 2.68. The fourth-order valence-electron chi connectivity index (χ4n) is 1.13. The average molecular weight is 212 g/mol. The first-order chi connectivity index (χ1) is 7.15. The van der Waals surface area contributed by atoms with Gasteiger partial charge in [-0.25, -0.2) is 4.39 Å². The van der Waals surface area contributed by atoms with Gasteiger partial charge in [0.25, 0.3) is 0 Å². The van der Waals surface area contributed by atoms with Crippen molar-refractivity contribution >= 4 is 5.91 Å². The van der Waals surface area contributed by atoms with E-state index in [1.807, 2.05) is 13.8 Å². The molecular formula is C11H17FN2O. The zero-order valence-corrected chi connectivity index (χ0v) is 9.25. The zero-order valence-electron chi connectivity index (χ0n) is 9.25. The van der Waals surface area contributed by atoms with Crippen LogP contribution in [0.15, 0.2) is 24.3 Å². The largest absolute Gasteiger partial charge is 0.368 e. The number of hydrogen-bond acceptors (Lipinski definition) is 2. The minimum Gasteiger partial charge on any atom is -0.368 e. The topological polar surface area (TPSA) is 55.1 Å². The van der Waals surface area contributed by atoms with E-state index >= 15 is 0 Å². The second kappa shape index (κ2) is 6.95. The van der Waals surface area contributed by atoms with Crippen LogP contribution in [-0.2, 0) is 4.79 Å². The number of nitrogens with one attached hydrogen (secondary N) is 1. The number of amides is 1. The standard InChI is InChI=1S/C9H11FN2O.C2H6/c1-12-8(9(11)13)6-2-4-7(10)5-3-6;1-2/h2-5,8,12H,1H3,(H2,11,13);1-2H3. The van der Waals surface area contributed by atoms with E-state index in [9.17, 15) is 9.18 Å². The fraction of sp³-hybridized carbons (Fsp3) is 0.364. The summed E-state index contributed by atoms with van der Waals surface area (Å²) in [5.41, 5.74) is 5.79. The van der Waals surface area contributed by atoms with E-state index in [4.69, 9.17) is 5.73 Å². The molecule has 0 fully saturated rings. The van der Waals surface area contributed by atoms with Crippen LogP contribution in [0.4, 0.5) is 4.39 Å². The van der Waals surface area contributed by atoms with Crippen molar-refractivity contribution in [3.63, 3.8) is 0 Å². The number of hydrogen-bond donors (Lipinski definition) is 2. The lowest BCUT2D eigenvalue weighted by Gasteiger charge is -2.11. The lowest BCUT2D eigenvalue weighted by atomic mass is 10.1. The second-order valence-electron chi connectivity index (χ2n) is 2.68. The molecule has 0 saturated heterocycles. The molecule has 0 radical (unpaired) electrons. The Morgan fingerprint density at radius 3 is 2.13 bits per heavy atom. The number of nitrogens with two attached hydrogens (primary N) is 1. The van der Waals surface area contributed by atoms with E-state index < -0.39 is 11.9 Å². The third kappa shape index (κ3) is 4.08. The van der Waals surface area contributed by atoms with Gasteiger partial charge >= 0.3 is 0 Å². The molecule has 3 N–H and O–H groups in total. The first-order valence-corrected chi connectivity index (χ1v) is 4.87. The van der Waals surface area contributed by atoms with Crippen molar-refractivity contribution in [2.24, 2.45) is 5.73 Å². The highest BCUT2D eigenvalue weighted by Crippen LogP contribution is 2.12. The average Bonchev–Trinajstić information content (AvgIpc) is 2.24. The van der Waals surface area contributed by atoms with Crippen LogP contribution in [0.3, 0.4) is 0 Å². The molecule has 0 aliphatic carbocycles. The van der Waals surface area contributed by atoms with E-state index in [1.54, 1.807) is 7.05 Å². The smallest absolute Gasteiger partial charge is 0.239 e. The number of likely N-dealkylation sites (N-methyl/N-ethyl adjacent to an activating group) is 1. The van der Waals surface area contributed by atoms with E-state index in [-0.39, 0.29) is 5.82 Å². The summed E-state index contributed by atoms with van der Waals surface area (Å²) in [4.78, 5) is 10.9. The first kappa shape index (κ1) is 13.6. The molecule has 1 rings (SSSR count). The van der Waals surface area contributed by atoms with Gasteiger partial charge in [-0.3, -0.25) is 4.79 Å². The molecule has 84 valence electrons. The molecule has 1 unspecified atom stereocenters. The summed E-state index contributed by atoms with van der Waals surface area (Å²) in [5, 5.41) is 2.74. The van der Waals surface area contributed by atoms with Gasteiger partial charge in [-0.15, -0.1) is 0 Å². The summed E-state index contributed by atoms with van der Waals surface area (Å²) in [7, 11) is 1.62. The molecule has 0 aliphatic rings. The fourth-order valence-corrected chi connectivity index (χ4v) is 1.13. The molecule has 0 bridgehead atoms. The minimum atomic E-state index is -0.555. The van der Waals surface area contributed by atoms with Crippen molar-refractivity contribution in [1.82, 2.24) is 5.32 Å². The molecule has 1 aromatic carbocycles. The summed E-state index contributed by atoms with van der Waals surface area (Å²) in [5.74, 6) is -0.808. The highest BCUT2D eigenvalue weighted by molar-refractivity contribution is 5.81. The Balaban J connectivity index is 0.000000921. The van der Waals surface area contributed by atoms with Crippen LogP contribution >= 0.6 is 0 Å². The Hall–Kier alpha value is -1.42. The molecule has 0 heterocycles. The van der Waals surface area contributed by atoms with Gasteiger partial charge < -0.3 is 11.1 Å². The van der Waals surface area contributed by atoms with E-state index in [0.717, 1.165) is 0 Å². The van der Waals surface area contributed by atoms with Gasteiger partial charge in [-0.2, -0.15) is 0 Å². The maximum Gasteiger partial charge on any atom is 0.239 e. The maximum atomic E-state index is 12.5.